The van der Waals surface area contributed by atoms with E-state index in [9.17, 15) is 13.2 Å². The van der Waals surface area contributed by atoms with Crippen LogP contribution in [0.4, 0.5) is 0 Å². The zero-order valence-corrected chi connectivity index (χ0v) is 15.9. The maximum atomic E-state index is 12.4. The molecule has 2 aromatic rings. The van der Waals surface area contributed by atoms with Gasteiger partial charge in [-0.05, 0) is 42.5 Å². The number of hydrogen-bond donors (Lipinski definition) is 2. The highest BCUT2D eigenvalue weighted by molar-refractivity contribution is 7.89. The number of amides is 1. The first-order valence-corrected chi connectivity index (χ1v) is 9.51. The zero-order valence-electron chi connectivity index (χ0n) is 14.3. The molecule has 1 amide bonds. The van der Waals surface area contributed by atoms with Crippen LogP contribution in [0.3, 0.4) is 0 Å². The Bertz CT molecular complexity index is 869. The van der Waals surface area contributed by atoms with Crippen LogP contribution in [0.5, 0.6) is 11.5 Å². The second kappa shape index (κ2) is 8.88. The van der Waals surface area contributed by atoms with Gasteiger partial charge in [-0.1, -0.05) is 11.6 Å². The largest absolute Gasteiger partial charge is 0.496 e. The van der Waals surface area contributed by atoms with Crippen molar-refractivity contribution in [3.05, 3.63) is 53.1 Å². The molecule has 0 aliphatic rings. The lowest BCUT2D eigenvalue weighted by Gasteiger charge is -2.11. The highest BCUT2D eigenvalue weighted by atomic mass is 35.5. The number of ether oxygens (including phenoxy) is 2. The molecule has 2 aromatic carbocycles. The molecule has 9 heteroatoms. The molecule has 0 bridgehead atoms. The summed E-state index contributed by atoms with van der Waals surface area (Å²) in [6.07, 6.45) is 0. The summed E-state index contributed by atoms with van der Waals surface area (Å²) in [4.78, 5) is 11.8. The number of rotatable bonds is 8. The Labute approximate surface area is 157 Å². The molecule has 0 unspecified atom stereocenters. The molecule has 0 aromatic heterocycles. The van der Waals surface area contributed by atoms with Crippen molar-refractivity contribution in [2.45, 2.75) is 4.90 Å². The molecule has 0 atom stereocenters. The molecular formula is C17H19ClN2O5S. The van der Waals surface area contributed by atoms with Gasteiger partial charge in [0.2, 0.25) is 10.0 Å². The fourth-order valence-electron chi connectivity index (χ4n) is 2.13. The molecule has 0 saturated heterocycles. The van der Waals surface area contributed by atoms with Crippen LogP contribution >= 0.6 is 11.6 Å². The molecule has 0 fully saturated rings. The van der Waals surface area contributed by atoms with Gasteiger partial charge in [-0.15, -0.1) is 0 Å². The minimum absolute atomic E-state index is 0.0385. The highest BCUT2D eigenvalue weighted by Gasteiger charge is 2.19. The molecule has 140 valence electrons. The van der Waals surface area contributed by atoms with Crippen LogP contribution in [0.15, 0.2) is 47.4 Å². The third-order valence-electron chi connectivity index (χ3n) is 3.43. The maximum Gasteiger partial charge on any atom is 0.254 e. The van der Waals surface area contributed by atoms with E-state index in [0.717, 1.165) is 0 Å². The van der Waals surface area contributed by atoms with E-state index in [4.69, 9.17) is 21.1 Å². The van der Waals surface area contributed by atoms with Gasteiger partial charge in [-0.25, -0.2) is 13.1 Å². The minimum atomic E-state index is -3.80. The Hall–Kier alpha value is -2.29. The van der Waals surface area contributed by atoms with Crippen molar-refractivity contribution in [3.63, 3.8) is 0 Å². The van der Waals surface area contributed by atoms with Crippen LogP contribution in [-0.4, -0.2) is 41.6 Å². The minimum Gasteiger partial charge on any atom is -0.496 e. The topological polar surface area (TPSA) is 93.7 Å². The Morgan fingerprint density at radius 2 is 1.85 bits per heavy atom. The van der Waals surface area contributed by atoms with Gasteiger partial charge in [0.15, 0.2) is 0 Å². The van der Waals surface area contributed by atoms with E-state index in [2.05, 4.69) is 10.0 Å². The fraction of sp³-hybridized carbons (Fsp3) is 0.235. The molecule has 0 heterocycles. The van der Waals surface area contributed by atoms with Gasteiger partial charge in [0.05, 0.1) is 17.6 Å². The Morgan fingerprint density at radius 1 is 1.15 bits per heavy atom. The molecule has 2 rings (SSSR count). The van der Waals surface area contributed by atoms with Crippen molar-refractivity contribution in [1.82, 2.24) is 10.0 Å². The van der Waals surface area contributed by atoms with Gasteiger partial charge in [0.25, 0.3) is 5.91 Å². The SMILES string of the molecule is CNC(=O)c1cc(S(=O)(=O)NCCOc2ccc(Cl)cc2)ccc1OC. The van der Waals surface area contributed by atoms with Gasteiger partial charge in [0.1, 0.15) is 18.1 Å². The monoisotopic (exact) mass is 398 g/mol. The first kappa shape index (κ1) is 20.0. The summed E-state index contributed by atoms with van der Waals surface area (Å²) >= 11 is 5.78. The number of carbonyl (C=O) groups excluding carboxylic acids is 1. The van der Waals surface area contributed by atoms with Crippen molar-refractivity contribution in [2.75, 3.05) is 27.3 Å². The predicted molar refractivity (Wildman–Crippen MR) is 98.5 cm³/mol. The average molecular weight is 399 g/mol. The molecule has 26 heavy (non-hydrogen) atoms. The number of methoxy groups -OCH3 is 1. The zero-order chi connectivity index (χ0) is 19.2. The third-order valence-corrected chi connectivity index (χ3v) is 5.14. The number of benzene rings is 2. The lowest BCUT2D eigenvalue weighted by atomic mass is 10.2. The second-order valence-corrected chi connectivity index (χ2v) is 7.34. The van der Waals surface area contributed by atoms with Gasteiger partial charge in [0, 0.05) is 18.6 Å². The van der Waals surface area contributed by atoms with E-state index in [1.807, 2.05) is 0 Å². The highest BCUT2D eigenvalue weighted by Crippen LogP contribution is 2.22. The number of sulfonamides is 1. The third kappa shape index (κ3) is 5.10. The summed E-state index contributed by atoms with van der Waals surface area (Å²) in [6, 6.07) is 10.8. The van der Waals surface area contributed by atoms with Crippen molar-refractivity contribution >= 4 is 27.5 Å². The quantitative estimate of drug-likeness (QED) is 0.664. The standard InChI is InChI=1S/C17H19ClN2O5S/c1-19-17(21)15-11-14(7-8-16(15)24-2)26(22,23)20-9-10-25-13-5-3-12(18)4-6-13/h3-8,11,20H,9-10H2,1-2H3,(H,19,21). The number of carbonyl (C=O) groups is 1. The van der Waals surface area contributed by atoms with Gasteiger partial charge in [-0.3, -0.25) is 4.79 Å². The molecule has 7 nitrogen and oxygen atoms in total. The number of halogens is 1. The second-order valence-electron chi connectivity index (χ2n) is 5.14. The van der Waals surface area contributed by atoms with Crippen LogP contribution in [0.25, 0.3) is 0 Å². The molecule has 0 saturated carbocycles. The first-order valence-electron chi connectivity index (χ1n) is 7.65. The Kier molecular flexibility index (Phi) is 6.84. The van der Waals surface area contributed by atoms with Crippen molar-refractivity contribution in [3.8, 4) is 11.5 Å². The van der Waals surface area contributed by atoms with Gasteiger partial charge in [-0.2, -0.15) is 0 Å². The Balaban J connectivity index is 2.02. The fourth-order valence-corrected chi connectivity index (χ4v) is 3.29. The smallest absolute Gasteiger partial charge is 0.254 e. The Morgan fingerprint density at radius 3 is 2.46 bits per heavy atom. The number of hydrogen-bond acceptors (Lipinski definition) is 5. The summed E-state index contributed by atoms with van der Waals surface area (Å²) in [5.74, 6) is 0.430. The van der Waals surface area contributed by atoms with Crippen LogP contribution in [-0.2, 0) is 10.0 Å². The summed E-state index contributed by atoms with van der Waals surface area (Å²) in [5.41, 5.74) is 0.135. The summed E-state index contributed by atoms with van der Waals surface area (Å²) in [5, 5.41) is 3.03. The predicted octanol–water partition coefficient (Wildman–Crippen LogP) is 2.07. The first-order chi connectivity index (χ1) is 12.4. The number of nitrogens with one attached hydrogen (secondary N) is 2. The van der Waals surface area contributed by atoms with Crippen LogP contribution in [0.1, 0.15) is 10.4 Å². The summed E-state index contributed by atoms with van der Waals surface area (Å²) < 4.78 is 37.7. The molecule has 0 aliphatic heterocycles. The van der Waals surface area contributed by atoms with E-state index >= 15 is 0 Å². The normalized spacial score (nSPS) is 11.0. The molecule has 0 radical (unpaired) electrons. The average Bonchev–Trinajstić information content (AvgIpc) is 2.65. The van der Waals surface area contributed by atoms with Gasteiger partial charge < -0.3 is 14.8 Å². The van der Waals surface area contributed by atoms with E-state index in [1.165, 1.54) is 32.4 Å². The van der Waals surface area contributed by atoms with Gasteiger partial charge >= 0.3 is 0 Å². The molecule has 0 spiro atoms. The van der Waals surface area contributed by atoms with E-state index in [1.54, 1.807) is 24.3 Å². The lowest BCUT2D eigenvalue weighted by molar-refractivity contribution is 0.0960. The molecular weight excluding hydrogens is 380 g/mol. The van der Waals surface area contributed by atoms with Crippen molar-refractivity contribution in [2.24, 2.45) is 0 Å². The summed E-state index contributed by atoms with van der Waals surface area (Å²) in [6.45, 7) is 0.200. The van der Waals surface area contributed by atoms with E-state index < -0.39 is 15.9 Å². The van der Waals surface area contributed by atoms with E-state index in [0.29, 0.717) is 10.8 Å². The van der Waals surface area contributed by atoms with Crippen LogP contribution < -0.4 is 19.5 Å². The lowest BCUT2D eigenvalue weighted by Crippen LogP contribution is -2.28. The van der Waals surface area contributed by atoms with Crippen LogP contribution in [0, 0.1) is 0 Å². The summed E-state index contributed by atoms with van der Waals surface area (Å²) in [7, 11) is -0.939. The molecule has 0 aliphatic carbocycles. The molecule has 2 N–H and O–H groups in total. The van der Waals surface area contributed by atoms with E-state index in [-0.39, 0.29) is 29.4 Å². The van der Waals surface area contributed by atoms with Crippen molar-refractivity contribution in [1.29, 1.82) is 0 Å². The maximum absolute atomic E-state index is 12.4. The van der Waals surface area contributed by atoms with Crippen LogP contribution in [0.2, 0.25) is 5.02 Å². The van der Waals surface area contributed by atoms with Crippen molar-refractivity contribution < 1.29 is 22.7 Å².